The molecular weight excluding hydrogens is 330 g/mol. The zero-order chi connectivity index (χ0) is 15.0. The van der Waals surface area contributed by atoms with Crippen LogP contribution in [0, 0.1) is 0 Å². The molecule has 4 nitrogen and oxygen atoms in total. The molecule has 0 fully saturated rings. The summed E-state index contributed by atoms with van der Waals surface area (Å²) in [7, 11) is 0. The molecule has 3 rings (SSSR count). The quantitative estimate of drug-likeness (QED) is 0.874. The van der Waals surface area contributed by atoms with Crippen LogP contribution in [0.5, 0.6) is 0 Å². The van der Waals surface area contributed by atoms with E-state index in [0.717, 1.165) is 27.1 Å². The second kappa shape index (κ2) is 5.50. The number of benzene rings is 2. The third-order valence-corrected chi connectivity index (χ3v) is 4.19. The highest BCUT2D eigenvalue weighted by Crippen LogP contribution is 2.38. The van der Waals surface area contributed by atoms with E-state index in [1.807, 2.05) is 54.3 Å². The van der Waals surface area contributed by atoms with Crippen molar-refractivity contribution in [1.29, 1.82) is 0 Å². The van der Waals surface area contributed by atoms with Crippen molar-refractivity contribution in [3.8, 4) is 0 Å². The van der Waals surface area contributed by atoms with Crippen LogP contribution in [-0.4, -0.2) is 12.5 Å². The van der Waals surface area contributed by atoms with Crippen molar-refractivity contribution in [3.63, 3.8) is 0 Å². The molecule has 5 heteroatoms. The second-order valence-electron chi connectivity index (χ2n) is 5.15. The van der Waals surface area contributed by atoms with Crippen molar-refractivity contribution in [2.75, 3.05) is 16.8 Å². The summed E-state index contributed by atoms with van der Waals surface area (Å²) in [5.74, 6) is -0.0168. The maximum absolute atomic E-state index is 11.9. The van der Waals surface area contributed by atoms with Crippen molar-refractivity contribution < 1.29 is 4.79 Å². The number of hydrogen-bond acceptors (Lipinski definition) is 3. The first-order valence-corrected chi connectivity index (χ1v) is 7.57. The maximum Gasteiger partial charge on any atom is 0.244 e. The van der Waals surface area contributed by atoms with Gasteiger partial charge in [-0.1, -0.05) is 18.2 Å². The average Bonchev–Trinajstić information content (AvgIpc) is 2.46. The van der Waals surface area contributed by atoms with E-state index in [2.05, 4.69) is 21.2 Å². The van der Waals surface area contributed by atoms with Gasteiger partial charge in [0.2, 0.25) is 5.91 Å². The normalized spacial score (nSPS) is 15.4. The average molecular weight is 346 g/mol. The molecule has 0 bridgehead atoms. The Morgan fingerprint density at radius 2 is 2.00 bits per heavy atom. The van der Waals surface area contributed by atoms with Gasteiger partial charge in [0, 0.05) is 10.5 Å². The van der Waals surface area contributed by atoms with E-state index in [1.165, 1.54) is 0 Å². The number of amides is 1. The first-order chi connectivity index (χ1) is 10.1. The number of nitrogens with zero attached hydrogens (tertiary/aromatic N) is 1. The van der Waals surface area contributed by atoms with Gasteiger partial charge in [0.25, 0.3) is 0 Å². The Morgan fingerprint density at radius 3 is 2.71 bits per heavy atom. The van der Waals surface area contributed by atoms with Gasteiger partial charge in [0.05, 0.1) is 17.1 Å². The molecule has 0 spiro atoms. The number of fused-ring (bicyclic) bond motifs is 1. The molecule has 1 heterocycles. The molecule has 0 unspecified atom stereocenters. The molecule has 21 heavy (non-hydrogen) atoms. The van der Waals surface area contributed by atoms with Gasteiger partial charge in [0.15, 0.2) is 0 Å². The summed E-state index contributed by atoms with van der Waals surface area (Å²) in [5, 5.41) is 2.89. The van der Waals surface area contributed by atoms with E-state index >= 15 is 0 Å². The van der Waals surface area contributed by atoms with E-state index in [-0.39, 0.29) is 11.9 Å². The summed E-state index contributed by atoms with van der Waals surface area (Å²) < 4.78 is 0.932. The predicted molar refractivity (Wildman–Crippen MR) is 88.8 cm³/mol. The van der Waals surface area contributed by atoms with Crippen molar-refractivity contribution >= 4 is 38.9 Å². The minimum Gasteiger partial charge on any atom is -0.329 e. The number of rotatable bonds is 2. The molecule has 2 aromatic rings. The highest BCUT2D eigenvalue weighted by Gasteiger charge is 2.24. The fourth-order valence-electron chi connectivity index (χ4n) is 2.47. The Labute approximate surface area is 132 Å². The fourth-order valence-corrected chi connectivity index (χ4v) is 3.08. The first kappa shape index (κ1) is 14.1. The van der Waals surface area contributed by atoms with Crippen LogP contribution in [0.3, 0.4) is 0 Å². The van der Waals surface area contributed by atoms with E-state index in [0.29, 0.717) is 6.54 Å². The highest BCUT2D eigenvalue weighted by atomic mass is 79.9. The summed E-state index contributed by atoms with van der Waals surface area (Å²) >= 11 is 3.59. The lowest BCUT2D eigenvalue weighted by Crippen LogP contribution is -2.35. The third-order valence-electron chi connectivity index (χ3n) is 3.56. The zero-order valence-electron chi connectivity index (χ0n) is 11.6. The van der Waals surface area contributed by atoms with Crippen LogP contribution in [0.1, 0.15) is 18.5 Å². The fraction of sp³-hybridized carbons (Fsp3) is 0.188. The lowest BCUT2D eigenvalue weighted by atomic mass is 10.1. The van der Waals surface area contributed by atoms with E-state index in [9.17, 15) is 4.79 Å². The van der Waals surface area contributed by atoms with E-state index in [1.54, 1.807) is 0 Å². The second-order valence-corrected chi connectivity index (χ2v) is 6.01. The minimum atomic E-state index is -0.0210. The third kappa shape index (κ3) is 2.66. The van der Waals surface area contributed by atoms with E-state index < -0.39 is 0 Å². The van der Waals surface area contributed by atoms with Crippen LogP contribution in [-0.2, 0) is 4.79 Å². The van der Waals surface area contributed by atoms with Gasteiger partial charge < -0.3 is 16.0 Å². The SMILES string of the molecule is C[C@@H](N)c1ccc(N2CC(=O)Nc3ccccc32)c(Br)c1. The lowest BCUT2D eigenvalue weighted by molar-refractivity contribution is -0.115. The number of carbonyl (C=O) groups excluding carboxylic acids is 1. The standard InChI is InChI=1S/C16H16BrN3O/c1-10(18)11-6-7-14(12(17)8-11)20-9-16(21)19-13-4-2-3-5-15(13)20/h2-8,10H,9,18H2,1H3,(H,19,21)/t10-/m1/s1. The Bertz CT molecular complexity index is 700. The molecule has 0 radical (unpaired) electrons. The van der Waals surface area contributed by atoms with Crippen molar-refractivity contribution in [3.05, 3.63) is 52.5 Å². The number of halogens is 1. The number of hydrogen-bond donors (Lipinski definition) is 2. The number of nitrogens with one attached hydrogen (secondary N) is 1. The molecule has 2 aromatic carbocycles. The molecule has 0 saturated heterocycles. The van der Waals surface area contributed by atoms with Gasteiger partial charge in [0.1, 0.15) is 6.54 Å². The van der Waals surface area contributed by atoms with Crippen molar-refractivity contribution in [2.45, 2.75) is 13.0 Å². The summed E-state index contributed by atoms with van der Waals surface area (Å²) in [6.45, 7) is 2.25. The maximum atomic E-state index is 11.9. The van der Waals surface area contributed by atoms with Gasteiger partial charge in [-0.15, -0.1) is 0 Å². The number of carbonyl (C=O) groups is 1. The largest absolute Gasteiger partial charge is 0.329 e. The summed E-state index contributed by atoms with van der Waals surface area (Å²) in [6, 6.07) is 13.8. The lowest BCUT2D eigenvalue weighted by Gasteiger charge is -2.31. The Balaban J connectivity index is 2.07. The highest BCUT2D eigenvalue weighted by molar-refractivity contribution is 9.10. The first-order valence-electron chi connectivity index (χ1n) is 6.77. The van der Waals surface area contributed by atoms with Gasteiger partial charge >= 0.3 is 0 Å². The molecule has 1 amide bonds. The van der Waals surface area contributed by atoms with Gasteiger partial charge in [-0.05, 0) is 52.7 Å². The topological polar surface area (TPSA) is 58.4 Å². The molecule has 1 atom stereocenters. The van der Waals surface area contributed by atoms with Gasteiger partial charge in [-0.3, -0.25) is 4.79 Å². The predicted octanol–water partition coefficient (Wildman–Crippen LogP) is 3.56. The molecule has 1 aliphatic heterocycles. The van der Waals surface area contributed by atoms with Crippen LogP contribution in [0.4, 0.5) is 17.1 Å². The number of anilines is 3. The molecule has 0 aromatic heterocycles. The minimum absolute atomic E-state index is 0.0168. The van der Waals surface area contributed by atoms with Crippen LogP contribution < -0.4 is 16.0 Å². The summed E-state index contributed by atoms with van der Waals surface area (Å²) in [4.78, 5) is 13.9. The van der Waals surface area contributed by atoms with Gasteiger partial charge in [-0.25, -0.2) is 0 Å². The Kier molecular flexibility index (Phi) is 3.69. The Hall–Kier alpha value is -1.85. The molecule has 0 saturated carbocycles. The molecule has 1 aliphatic rings. The van der Waals surface area contributed by atoms with E-state index in [4.69, 9.17) is 5.73 Å². The Morgan fingerprint density at radius 1 is 1.24 bits per heavy atom. The van der Waals surface area contributed by atoms with Crippen LogP contribution in [0.15, 0.2) is 46.9 Å². The van der Waals surface area contributed by atoms with Crippen LogP contribution in [0.2, 0.25) is 0 Å². The smallest absolute Gasteiger partial charge is 0.244 e. The molecule has 108 valence electrons. The van der Waals surface area contributed by atoms with Crippen molar-refractivity contribution in [2.24, 2.45) is 5.73 Å². The molecular formula is C16H16BrN3O. The van der Waals surface area contributed by atoms with Crippen LogP contribution in [0.25, 0.3) is 0 Å². The van der Waals surface area contributed by atoms with Crippen LogP contribution >= 0.6 is 15.9 Å². The number of nitrogens with two attached hydrogens (primary N) is 1. The van der Waals surface area contributed by atoms with Gasteiger partial charge in [-0.2, -0.15) is 0 Å². The van der Waals surface area contributed by atoms with Crippen molar-refractivity contribution in [1.82, 2.24) is 0 Å². The summed E-state index contributed by atoms with van der Waals surface area (Å²) in [5.41, 5.74) is 9.75. The number of para-hydroxylation sites is 2. The molecule has 0 aliphatic carbocycles. The molecule has 3 N–H and O–H groups in total. The summed E-state index contributed by atoms with van der Waals surface area (Å²) in [6.07, 6.45) is 0. The monoisotopic (exact) mass is 345 g/mol. The zero-order valence-corrected chi connectivity index (χ0v) is 13.2.